The maximum absolute atomic E-state index is 11.8. The van der Waals surface area contributed by atoms with Crippen LogP contribution in [0.1, 0.15) is 53.4 Å². The summed E-state index contributed by atoms with van der Waals surface area (Å²) in [6.07, 6.45) is 3.64. The summed E-state index contributed by atoms with van der Waals surface area (Å²) in [5, 5.41) is 13.2. The highest BCUT2D eigenvalue weighted by atomic mass is 32.2. The number of nitrogens with one attached hydrogen (secondary N) is 1. The standard InChI is InChI=1S/C15H31NO3S/c1-5-7-20(18,19)8-6-16-15(12-17)10-13(2)9-14(3,4)11-15/h13,16-17H,5-12H2,1-4H3/t13-,15+/m0/s1. The van der Waals surface area contributed by atoms with Gasteiger partial charge in [0.05, 0.1) is 12.4 Å². The second-order valence-electron chi connectivity index (χ2n) is 7.37. The number of hydrogen-bond donors (Lipinski definition) is 2. The summed E-state index contributed by atoms with van der Waals surface area (Å²) in [5.74, 6) is 0.964. The minimum Gasteiger partial charge on any atom is -0.394 e. The Kier molecular flexibility index (Phi) is 6.05. The van der Waals surface area contributed by atoms with Gasteiger partial charge >= 0.3 is 0 Å². The molecule has 2 atom stereocenters. The van der Waals surface area contributed by atoms with Gasteiger partial charge in [0.2, 0.25) is 0 Å². The molecule has 1 fully saturated rings. The molecule has 1 aliphatic carbocycles. The third kappa shape index (κ3) is 5.34. The van der Waals surface area contributed by atoms with Crippen molar-refractivity contribution in [2.24, 2.45) is 11.3 Å². The Bertz CT molecular complexity index is 405. The van der Waals surface area contributed by atoms with E-state index in [9.17, 15) is 13.5 Å². The molecule has 0 aromatic carbocycles. The van der Waals surface area contributed by atoms with Gasteiger partial charge in [0.15, 0.2) is 9.84 Å². The molecule has 0 aromatic rings. The summed E-state index contributed by atoms with van der Waals surface area (Å²) < 4.78 is 23.5. The molecule has 0 saturated heterocycles. The van der Waals surface area contributed by atoms with Gasteiger partial charge in [-0.15, -0.1) is 0 Å². The van der Waals surface area contributed by atoms with Gasteiger partial charge in [0.25, 0.3) is 0 Å². The maximum atomic E-state index is 11.8. The zero-order valence-corrected chi connectivity index (χ0v) is 14.2. The first-order valence-corrected chi connectivity index (χ1v) is 9.52. The number of sulfone groups is 1. The van der Waals surface area contributed by atoms with Crippen LogP contribution in [0.4, 0.5) is 0 Å². The van der Waals surface area contributed by atoms with Crippen molar-refractivity contribution in [2.45, 2.75) is 58.9 Å². The number of hydrogen-bond acceptors (Lipinski definition) is 4. The summed E-state index contributed by atoms with van der Waals surface area (Å²) in [7, 11) is -2.95. The van der Waals surface area contributed by atoms with Gasteiger partial charge in [0.1, 0.15) is 0 Å². The molecule has 20 heavy (non-hydrogen) atoms. The van der Waals surface area contributed by atoms with Gasteiger partial charge < -0.3 is 10.4 Å². The van der Waals surface area contributed by atoms with Gasteiger partial charge in [-0.25, -0.2) is 8.42 Å². The van der Waals surface area contributed by atoms with Crippen LogP contribution in [0.15, 0.2) is 0 Å². The van der Waals surface area contributed by atoms with E-state index >= 15 is 0 Å². The fourth-order valence-electron chi connectivity index (χ4n) is 3.94. The number of rotatable bonds is 7. The number of aliphatic hydroxyl groups excluding tert-OH is 1. The minimum atomic E-state index is -2.95. The monoisotopic (exact) mass is 305 g/mol. The molecule has 0 radical (unpaired) electrons. The third-order valence-electron chi connectivity index (χ3n) is 4.19. The Balaban J connectivity index is 2.62. The van der Waals surface area contributed by atoms with E-state index in [0.717, 1.165) is 19.3 Å². The van der Waals surface area contributed by atoms with Crippen molar-refractivity contribution in [3.63, 3.8) is 0 Å². The van der Waals surface area contributed by atoms with Gasteiger partial charge in [0, 0.05) is 17.8 Å². The lowest BCUT2D eigenvalue weighted by Crippen LogP contribution is -2.56. The van der Waals surface area contributed by atoms with Crippen LogP contribution in [0.3, 0.4) is 0 Å². The normalized spacial score (nSPS) is 30.4. The van der Waals surface area contributed by atoms with Crippen LogP contribution < -0.4 is 5.32 Å². The second-order valence-corrected chi connectivity index (χ2v) is 9.68. The van der Waals surface area contributed by atoms with Crippen LogP contribution >= 0.6 is 0 Å². The Hall–Kier alpha value is -0.130. The molecule has 0 heterocycles. The van der Waals surface area contributed by atoms with Crippen molar-refractivity contribution in [2.75, 3.05) is 24.7 Å². The molecular weight excluding hydrogens is 274 g/mol. The Morgan fingerprint density at radius 2 is 1.90 bits per heavy atom. The van der Waals surface area contributed by atoms with Gasteiger partial charge in [-0.3, -0.25) is 0 Å². The summed E-state index contributed by atoms with van der Waals surface area (Å²) in [6, 6.07) is 0. The minimum absolute atomic E-state index is 0.0780. The van der Waals surface area contributed by atoms with Crippen molar-refractivity contribution in [3.05, 3.63) is 0 Å². The predicted molar refractivity (Wildman–Crippen MR) is 83.6 cm³/mol. The molecule has 0 spiro atoms. The average molecular weight is 305 g/mol. The molecule has 0 unspecified atom stereocenters. The van der Waals surface area contributed by atoms with E-state index in [1.807, 2.05) is 6.92 Å². The van der Waals surface area contributed by atoms with E-state index in [1.165, 1.54) is 0 Å². The van der Waals surface area contributed by atoms with Crippen molar-refractivity contribution in [3.8, 4) is 0 Å². The van der Waals surface area contributed by atoms with E-state index < -0.39 is 9.84 Å². The molecule has 1 aliphatic rings. The Morgan fingerprint density at radius 1 is 1.25 bits per heavy atom. The smallest absolute Gasteiger partial charge is 0.151 e. The second kappa shape index (κ2) is 6.75. The summed E-state index contributed by atoms with van der Waals surface area (Å²) >= 11 is 0. The van der Waals surface area contributed by atoms with Crippen molar-refractivity contribution in [1.29, 1.82) is 0 Å². The predicted octanol–water partition coefficient (Wildman–Crippen LogP) is 1.98. The Labute approximate surface area is 124 Å². The molecule has 2 N–H and O–H groups in total. The van der Waals surface area contributed by atoms with E-state index in [4.69, 9.17) is 0 Å². The largest absolute Gasteiger partial charge is 0.394 e. The van der Waals surface area contributed by atoms with E-state index in [0.29, 0.717) is 18.9 Å². The molecule has 120 valence electrons. The van der Waals surface area contributed by atoms with Crippen molar-refractivity contribution < 1.29 is 13.5 Å². The fraction of sp³-hybridized carbons (Fsp3) is 1.00. The molecule has 5 heteroatoms. The van der Waals surface area contributed by atoms with E-state index in [1.54, 1.807) is 0 Å². The zero-order chi connectivity index (χ0) is 15.4. The van der Waals surface area contributed by atoms with E-state index in [-0.39, 0.29) is 29.1 Å². The lowest BCUT2D eigenvalue weighted by molar-refractivity contribution is 0.0378. The first kappa shape index (κ1) is 17.9. The van der Waals surface area contributed by atoms with Gasteiger partial charge in [-0.1, -0.05) is 27.7 Å². The van der Waals surface area contributed by atoms with Crippen LogP contribution in [0, 0.1) is 11.3 Å². The fourth-order valence-corrected chi connectivity index (χ4v) is 5.18. The lowest BCUT2D eigenvalue weighted by atomic mass is 9.64. The molecule has 4 nitrogen and oxygen atoms in total. The molecule has 1 rings (SSSR count). The quantitative estimate of drug-likeness (QED) is 0.755. The lowest BCUT2D eigenvalue weighted by Gasteiger charge is -2.47. The van der Waals surface area contributed by atoms with Gasteiger partial charge in [-0.05, 0) is 37.0 Å². The highest BCUT2D eigenvalue weighted by molar-refractivity contribution is 7.91. The first-order chi connectivity index (χ1) is 9.14. The first-order valence-electron chi connectivity index (χ1n) is 7.70. The SMILES string of the molecule is CCCS(=O)(=O)CCN[C@]1(CO)C[C@@H](C)CC(C)(C)C1. The number of aliphatic hydroxyl groups is 1. The summed E-state index contributed by atoms with van der Waals surface area (Å²) in [4.78, 5) is 0. The highest BCUT2D eigenvalue weighted by Crippen LogP contribution is 2.43. The summed E-state index contributed by atoms with van der Waals surface area (Å²) in [6.45, 7) is 9.05. The van der Waals surface area contributed by atoms with Crippen molar-refractivity contribution in [1.82, 2.24) is 5.32 Å². The topological polar surface area (TPSA) is 66.4 Å². The average Bonchev–Trinajstić information content (AvgIpc) is 2.25. The highest BCUT2D eigenvalue weighted by Gasteiger charge is 2.42. The molecule has 0 aliphatic heterocycles. The molecule has 1 saturated carbocycles. The Morgan fingerprint density at radius 3 is 2.40 bits per heavy atom. The zero-order valence-electron chi connectivity index (χ0n) is 13.4. The van der Waals surface area contributed by atoms with Crippen LogP contribution in [0.25, 0.3) is 0 Å². The van der Waals surface area contributed by atoms with Crippen LogP contribution in [-0.2, 0) is 9.84 Å². The third-order valence-corrected chi connectivity index (χ3v) is 6.04. The van der Waals surface area contributed by atoms with Crippen LogP contribution in [-0.4, -0.2) is 43.7 Å². The van der Waals surface area contributed by atoms with Crippen molar-refractivity contribution >= 4 is 9.84 Å². The maximum Gasteiger partial charge on any atom is 0.151 e. The van der Waals surface area contributed by atoms with E-state index in [2.05, 4.69) is 26.1 Å². The van der Waals surface area contributed by atoms with Crippen LogP contribution in [0.5, 0.6) is 0 Å². The molecular formula is C15H31NO3S. The molecule has 0 amide bonds. The molecule has 0 bridgehead atoms. The molecule has 0 aromatic heterocycles. The van der Waals surface area contributed by atoms with Gasteiger partial charge in [-0.2, -0.15) is 0 Å². The summed E-state index contributed by atoms with van der Waals surface area (Å²) in [5.41, 5.74) is -0.126. The van der Waals surface area contributed by atoms with Crippen LogP contribution in [0.2, 0.25) is 0 Å².